The summed E-state index contributed by atoms with van der Waals surface area (Å²) >= 11 is 1.56. The molecule has 0 fully saturated rings. The first kappa shape index (κ1) is 18.1. The second-order valence-electron chi connectivity index (χ2n) is 5.66. The molecule has 0 spiro atoms. The highest BCUT2D eigenvalue weighted by Gasteiger charge is 2.17. The van der Waals surface area contributed by atoms with E-state index < -0.39 is 0 Å². The van der Waals surface area contributed by atoms with Crippen LogP contribution in [0, 0.1) is 0 Å². The number of benzene rings is 3. The zero-order valence-electron chi connectivity index (χ0n) is 14.5. The predicted molar refractivity (Wildman–Crippen MR) is 106 cm³/mol. The van der Waals surface area contributed by atoms with Crippen LogP contribution in [0.15, 0.2) is 84.9 Å². The van der Waals surface area contributed by atoms with Crippen LogP contribution in [0.1, 0.15) is 16.4 Å². The Hall–Kier alpha value is -2.72. The SMILES string of the molecule is COc1ccc(OC(=O)CSC(c2ccccc2)c2ccccc2)cc1. The monoisotopic (exact) mass is 364 g/mol. The molecule has 0 unspecified atom stereocenters. The van der Waals surface area contributed by atoms with Gasteiger partial charge in [0, 0.05) is 0 Å². The quantitative estimate of drug-likeness (QED) is 0.430. The zero-order valence-corrected chi connectivity index (χ0v) is 15.3. The van der Waals surface area contributed by atoms with Gasteiger partial charge in [0.1, 0.15) is 11.5 Å². The number of esters is 1. The Kier molecular flexibility index (Phi) is 6.34. The van der Waals surface area contributed by atoms with E-state index >= 15 is 0 Å². The van der Waals surface area contributed by atoms with Crippen LogP contribution in [-0.4, -0.2) is 18.8 Å². The van der Waals surface area contributed by atoms with Crippen LogP contribution in [0.5, 0.6) is 11.5 Å². The zero-order chi connectivity index (χ0) is 18.2. The number of ether oxygens (including phenoxy) is 2. The van der Waals surface area contributed by atoms with E-state index in [2.05, 4.69) is 24.3 Å². The van der Waals surface area contributed by atoms with Crippen LogP contribution in [0.25, 0.3) is 0 Å². The average Bonchev–Trinajstić information content (AvgIpc) is 2.70. The molecule has 26 heavy (non-hydrogen) atoms. The molecule has 132 valence electrons. The average molecular weight is 364 g/mol. The molecule has 0 radical (unpaired) electrons. The van der Waals surface area contributed by atoms with Gasteiger partial charge in [-0.05, 0) is 35.4 Å². The summed E-state index contributed by atoms with van der Waals surface area (Å²) in [7, 11) is 1.60. The number of carbonyl (C=O) groups excluding carboxylic acids is 1. The van der Waals surface area contributed by atoms with Crippen LogP contribution >= 0.6 is 11.8 Å². The highest BCUT2D eigenvalue weighted by atomic mass is 32.2. The molecule has 0 atom stereocenters. The van der Waals surface area contributed by atoms with Gasteiger partial charge in [0.05, 0.1) is 18.1 Å². The number of hydrogen-bond acceptors (Lipinski definition) is 4. The minimum absolute atomic E-state index is 0.0841. The van der Waals surface area contributed by atoms with Gasteiger partial charge in [-0.3, -0.25) is 4.79 Å². The lowest BCUT2D eigenvalue weighted by atomic mass is 10.0. The molecule has 3 nitrogen and oxygen atoms in total. The van der Waals surface area contributed by atoms with E-state index in [0.717, 1.165) is 5.75 Å². The molecule has 3 rings (SSSR count). The molecule has 0 aliphatic heterocycles. The lowest BCUT2D eigenvalue weighted by molar-refractivity contribution is -0.131. The van der Waals surface area contributed by atoms with E-state index in [-0.39, 0.29) is 17.0 Å². The Morgan fingerprint density at radius 3 is 1.81 bits per heavy atom. The van der Waals surface area contributed by atoms with Crippen molar-refractivity contribution in [2.45, 2.75) is 5.25 Å². The molecule has 0 heterocycles. The van der Waals surface area contributed by atoms with Crippen LogP contribution < -0.4 is 9.47 Å². The molecule has 0 saturated carbocycles. The number of carbonyl (C=O) groups is 1. The second kappa shape index (κ2) is 9.11. The first-order valence-corrected chi connectivity index (χ1v) is 9.37. The van der Waals surface area contributed by atoms with Gasteiger partial charge in [0.15, 0.2) is 0 Å². The summed E-state index contributed by atoms with van der Waals surface area (Å²) in [4.78, 5) is 12.3. The van der Waals surface area contributed by atoms with Crippen molar-refractivity contribution in [2.24, 2.45) is 0 Å². The third-order valence-electron chi connectivity index (χ3n) is 3.86. The summed E-state index contributed by atoms with van der Waals surface area (Å²) in [6.45, 7) is 0. The Labute approximate surface area is 158 Å². The number of thioether (sulfide) groups is 1. The van der Waals surface area contributed by atoms with Crippen molar-refractivity contribution in [1.82, 2.24) is 0 Å². The Balaban J connectivity index is 1.66. The van der Waals surface area contributed by atoms with E-state index in [1.54, 1.807) is 43.1 Å². The molecule has 0 bridgehead atoms. The second-order valence-corrected chi connectivity index (χ2v) is 6.76. The number of hydrogen-bond donors (Lipinski definition) is 0. The fourth-order valence-electron chi connectivity index (χ4n) is 2.60. The summed E-state index contributed by atoms with van der Waals surface area (Å²) in [5, 5.41) is 0.0841. The molecular weight excluding hydrogens is 344 g/mol. The lowest BCUT2D eigenvalue weighted by Crippen LogP contribution is -2.12. The van der Waals surface area contributed by atoms with E-state index in [0.29, 0.717) is 5.75 Å². The maximum atomic E-state index is 12.3. The maximum Gasteiger partial charge on any atom is 0.321 e. The van der Waals surface area contributed by atoms with Crippen LogP contribution in [0.2, 0.25) is 0 Å². The summed E-state index contributed by atoms with van der Waals surface area (Å²) in [5.41, 5.74) is 2.34. The topological polar surface area (TPSA) is 35.5 Å². The Morgan fingerprint density at radius 2 is 1.31 bits per heavy atom. The van der Waals surface area contributed by atoms with Crippen molar-refractivity contribution in [2.75, 3.05) is 12.9 Å². The highest BCUT2D eigenvalue weighted by molar-refractivity contribution is 8.00. The molecule has 0 aliphatic carbocycles. The van der Waals surface area contributed by atoms with Crippen molar-refractivity contribution < 1.29 is 14.3 Å². The van der Waals surface area contributed by atoms with Crippen molar-refractivity contribution in [3.8, 4) is 11.5 Å². The van der Waals surface area contributed by atoms with Crippen molar-refractivity contribution in [3.05, 3.63) is 96.1 Å². The molecule has 0 aromatic heterocycles. The van der Waals surface area contributed by atoms with Crippen molar-refractivity contribution in [3.63, 3.8) is 0 Å². The minimum atomic E-state index is -0.267. The molecule has 0 saturated heterocycles. The molecule has 0 amide bonds. The third-order valence-corrected chi connectivity index (χ3v) is 5.14. The first-order valence-electron chi connectivity index (χ1n) is 8.32. The normalized spacial score (nSPS) is 10.5. The molecule has 0 aliphatic rings. The maximum absolute atomic E-state index is 12.3. The predicted octanol–water partition coefficient (Wildman–Crippen LogP) is 5.12. The van der Waals surface area contributed by atoms with E-state index in [4.69, 9.17) is 9.47 Å². The Morgan fingerprint density at radius 1 is 0.808 bits per heavy atom. The van der Waals surface area contributed by atoms with E-state index in [1.807, 2.05) is 36.4 Å². The van der Waals surface area contributed by atoms with E-state index in [1.165, 1.54) is 11.1 Å². The summed E-state index contributed by atoms with van der Waals surface area (Å²) in [5.74, 6) is 1.25. The fourth-order valence-corrected chi connectivity index (χ4v) is 3.66. The molecule has 3 aromatic rings. The van der Waals surface area contributed by atoms with Gasteiger partial charge in [0.25, 0.3) is 0 Å². The van der Waals surface area contributed by atoms with Gasteiger partial charge in [-0.1, -0.05) is 60.7 Å². The lowest BCUT2D eigenvalue weighted by Gasteiger charge is -2.17. The molecule has 4 heteroatoms. The molecular formula is C22H20O3S. The van der Waals surface area contributed by atoms with Gasteiger partial charge >= 0.3 is 5.97 Å². The van der Waals surface area contributed by atoms with Crippen LogP contribution in [0.3, 0.4) is 0 Å². The van der Waals surface area contributed by atoms with E-state index in [9.17, 15) is 4.79 Å². The number of rotatable bonds is 7. The summed E-state index contributed by atoms with van der Waals surface area (Å²) < 4.78 is 10.5. The largest absolute Gasteiger partial charge is 0.497 e. The molecule has 3 aromatic carbocycles. The minimum Gasteiger partial charge on any atom is -0.497 e. The van der Waals surface area contributed by atoms with Gasteiger partial charge in [0.2, 0.25) is 0 Å². The molecule has 0 N–H and O–H groups in total. The fraction of sp³-hybridized carbons (Fsp3) is 0.136. The smallest absolute Gasteiger partial charge is 0.321 e. The highest BCUT2D eigenvalue weighted by Crippen LogP contribution is 2.35. The van der Waals surface area contributed by atoms with Gasteiger partial charge in [-0.2, -0.15) is 0 Å². The van der Waals surface area contributed by atoms with Gasteiger partial charge < -0.3 is 9.47 Å². The number of methoxy groups -OCH3 is 1. The summed E-state index contributed by atoms with van der Waals surface area (Å²) in [6, 6.07) is 27.4. The standard InChI is InChI=1S/C22H20O3S/c1-24-19-12-14-20(15-13-19)25-21(23)16-26-22(17-8-4-2-5-9-17)18-10-6-3-7-11-18/h2-15,22H,16H2,1H3. The van der Waals surface area contributed by atoms with Gasteiger partial charge in [-0.25, -0.2) is 0 Å². The summed E-state index contributed by atoms with van der Waals surface area (Å²) in [6.07, 6.45) is 0. The van der Waals surface area contributed by atoms with Crippen LogP contribution in [-0.2, 0) is 4.79 Å². The third kappa shape index (κ3) is 4.90. The van der Waals surface area contributed by atoms with Crippen molar-refractivity contribution >= 4 is 17.7 Å². The first-order chi connectivity index (χ1) is 12.8. The van der Waals surface area contributed by atoms with Crippen LogP contribution in [0.4, 0.5) is 0 Å². The van der Waals surface area contributed by atoms with Crippen molar-refractivity contribution in [1.29, 1.82) is 0 Å². The Bertz CT molecular complexity index is 778. The van der Waals surface area contributed by atoms with Gasteiger partial charge in [-0.15, -0.1) is 11.8 Å².